The summed E-state index contributed by atoms with van der Waals surface area (Å²) in [6, 6.07) is 0. The number of rotatable bonds is 0. The second-order valence-electron chi connectivity index (χ2n) is 3.11. The van der Waals surface area contributed by atoms with E-state index in [2.05, 4.69) is 11.3 Å². The molecule has 2 rings (SSSR count). The predicted octanol–water partition coefficient (Wildman–Crippen LogP) is 0.652. The van der Waals surface area contributed by atoms with Crippen LogP contribution in [0.1, 0.15) is 12.8 Å². The SMILES string of the molecule is C=C1C[C@@H]2C(=O)OC(=O)[C@@H]2C1. The molecule has 0 bridgehead atoms. The van der Waals surface area contributed by atoms with Gasteiger partial charge in [0.1, 0.15) is 0 Å². The van der Waals surface area contributed by atoms with Crippen molar-refractivity contribution < 1.29 is 14.3 Å². The van der Waals surface area contributed by atoms with E-state index in [1.807, 2.05) is 0 Å². The fourth-order valence-electron chi connectivity index (χ4n) is 1.74. The highest BCUT2D eigenvalue weighted by Crippen LogP contribution is 2.40. The molecule has 0 aromatic rings. The van der Waals surface area contributed by atoms with Crippen LogP contribution in [0.2, 0.25) is 0 Å². The van der Waals surface area contributed by atoms with Crippen molar-refractivity contribution in [2.24, 2.45) is 11.8 Å². The van der Waals surface area contributed by atoms with Crippen LogP contribution in [-0.4, -0.2) is 11.9 Å². The number of allylic oxidation sites excluding steroid dienone is 1. The number of carbonyl (C=O) groups excluding carboxylic acids is 2. The molecule has 0 spiro atoms. The molecule has 1 saturated carbocycles. The Labute approximate surface area is 64.0 Å². The van der Waals surface area contributed by atoms with Gasteiger partial charge in [-0.05, 0) is 12.8 Å². The van der Waals surface area contributed by atoms with Gasteiger partial charge in [-0.2, -0.15) is 0 Å². The fraction of sp³-hybridized carbons (Fsp3) is 0.500. The van der Waals surface area contributed by atoms with Crippen LogP contribution < -0.4 is 0 Å². The average Bonchev–Trinajstić information content (AvgIpc) is 2.38. The van der Waals surface area contributed by atoms with Gasteiger partial charge >= 0.3 is 11.9 Å². The van der Waals surface area contributed by atoms with Crippen LogP contribution in [0, 0.1) is 11.8 Å². The summed E-state index contributed by atoms with van der Waals surface area (Å²) >= 11 is 0. The summed E-state index contributed by atoms with van der Waals surface area (Å²) in [5.41, 5.74) is 0.991. The van der Waals surface area contributed by atoms with E-state index in [1.165, 1.54) is 0 Å². The number of hydrogen-bond acceptors (Lipinski definition) is 3. The molecule has 3 heteroatoms. The van der Waals surface area contributed by atoms with Crippen LogP contribution in [0.25, 0.3) is 0 Å². The van der Waals surface area contributed by atoms with E-state index < -0.39 is 0 Å². The lowest BCUT2D eigenvalue weighted by Gasteiger charge is -1.95. The predicted molar refractivity (Wildman–Crippen MR) is 36.5 cm³/mol. The molecule has 1 aliphatic carbocycles. The molecule has 2 fully saturated rings. The first kappa shape index (κ1) is 6.58. The molecule has 3 nitrogen and oxygen atoms in total. The topological polar surface area (TPSA) is 43.4 Å². The van der Waals surface area contributed by atoms with Crippen LogP contribution >= 0.6 is 0 Å². The van der Waals surface area contributed by atoms with Gasteiger partial charge in [0.05, 0.1) is 11.8 Å². The molecule has 0 amide bonds. The summed E-state index contributed by atoms with van der Waals surface area (Å²) in [4.78, 5) is 21.9. The number of carbonyl (C=O) groups is 2. The largest absolute Gasteiger partial charge is 0.393 e. The van der Waals surface area contributed by atoms with Crippen LogP contribution in [0.4, 0.5) is 0 Å². The molecular weight excluding hydrogens is 144 g/mol. The summed E-state index contributed by atoms with van der Waals surface area (Å²) in [6.45, 7) is 3.75. The van der Waals surface area contributed by atoms with Gasteiger partial charge in [0.25, 0.3) is 0 Å². The third-order valence-electron chi connectivity index (χ3n) is 2.31. The Morgan fingerprint density at radius 2 is 1.64 bits per heavy atom. The van der Waals surface area contributed by atoms with Gasteiger partial charge in [0.2, 0.25) is 0 Å². The van der Waals surface area contributed by atoms with Crippen LogP contribution in [0.5, 0.6) is 0 Å². The number of fused-ring (bicyclic) bond motifs is 1. The maximum Gasteiger partial charge on any atom is 0.317 e. The van der Waals surface area contributed by atoms with Crippen molar-refractivity contribution in [1.82, 2.24) is 0 Å². The zero-order valence-corrected chi connectivity index (χ0v) is 6.00. The molecule has 1 saturated heterocycles. The molecule has 2 aliphatic rings. The molecule has 11 heavy (non-hydrogen) atoms. The molecule has 0 unspecified atom stereocenters. The first-order valence-corrected chi connectivity index (χ1v) is 3.60. The van der Waals surface area contributed by atoms with Crippen molar-refractivity contribution in [2.75, 3.05) is 0 Å². The maximum atomic E-state index is 10.9. The van der Waals surface area contributed by atoms with E-state index in [1.54, 1.807) is 0 Å². The monoisotopic (exact) mass is 152 g/mol. The van der Waals surface area contributed by atoms with E-state index in [0.717, 1.165) is 5.57 Å². The summed E-state index contributed by atoms with van der Waals surface area (Å²) in [7, 11) is 0. The molecule has 0 aromatic carbocycles. The van der Waals surface area contributed by atoms with Crippen LogP contribution in [0.3, 0.4) is 0 Å². The van der Waals surface area contributed by atoms with Gasteiger partial charge < -0.3 is 4.74 Å². The third-order valence-corrected chi connectivity index (χ3v) is 2.31. The normalized spacial score (nSPS) is 35.8. The second kappa shape index (κ2) is 1.94. The van der Waals surface area contributed by atoms with Crippen molar-refractivity contribution in [3.05, 3.63) is 12.2 Å². The second-order valence-corrected chi connectivity index (χ2v) is 3.11. The minimum absolute atomic E-state index is 0.213. The van der Waals surface area contributed by atoms with E-state index >= 15 is 0 Å². The molecule has 2 atom stereocenters. The van der Waals surface area contributed by atoms with Gasteiger partial charge in [-0.15, -0.1) is 0 Å². The lowest BCUT2D eigenvalue weighted by Crippen LogP contribution is -2.09. The minimum atomic E-state index is -0.362. The smallest absolute Gasteiger partial charge is 0.317 e. The van der Waals surface area contributed by atoms with Gasteiger partial charge in [-0.3, -0.25) is 9.59 Å². The van der Waals surface area contributed by atoms with Gasteiger partial charge in [-0.25, -0.2) is 0 Å². The van der Waals surface area contributed by atoms with Gasteiger partial charge in [0.15, 0.2) is 0 Å². The maximum absolute atomic E-state index is 10.9. The van der Waals surface area contributed by atoms with Crippen molar-refractivity contribution in [2.45, 2.75) is 12.8 Å². The van der Waals surface area contributed by atoms with E-state index in [0.29, 0.717) is 12.8 Å². The Morgan fingerprint density at radius 1 is 1.18 bits per heavy atom. The van der Waals surface area contributed by atoms with E-state index in [9.17, 15) is 9.59 Å². The van der Waals surface area contributed by atoms with E-state index in [-0.39, 0.29) is 23.8 Å². The molecule has 0 N–H and O–H groups in total. The summed E-state index contributed by atoms with van der Waals surface area (Å²) in [5.74, 6) is -1.15. The first-order valence-electron chi connectivity index (χ1n) is 3.60. The number of cyclic esters (lactones) is 2. The van der Waals surface area contributed by atoms with Crippen molar-refractivity contribution >= 4 is 11.9 Å². The number of ether oxygens (including phenoxy) is 1. The van der Waals surface area contributed by atoms with Crippen molar-refractivity contribution in [3.8, 4) is 0 Å². The summed E-state index contributed by atoms with van der Waals surface area (Å²) in [6.07, 6.45) is 1.27. The Balaban J connectivity index is 2.29. The van der Waals surface area contributed by atoms with Crippen molar-refractivity contribution in [3.63, 3.8) is 0 Å². The Morgan fingerprint density at radius 3 is 2.09 bits per heavy atom. The first-order chi connectivity index (χ1) is 5.18. The zero-order chi connectivity index (χ0) is 8.01. The Bertz CT molecular complexity index is 230. The molecule has 58 valence electrons. The Kier molecular flexibility index (Phi) is 1.16. The Hall–Kier alpha value is -1.12. The third kappa shape index (κ3) is 0.803. The highest BCUT2D eigenvalue weighted by atomic mass is 16.6. The lowest BCUT2D eigenvalue weighted by molar-refractivity contribution is -0.154. The molecule has 0 radical (unpaired) electrons. The summed E-state index contributed by atoms with van der Waals surface area (Å²) < 4.78 is 4.46. The standard InChI is InChI=1S/C8H8O3/c1-4-2-5-6(3-4)8(10)11-7(5)9/h5-6H,1-3H2/t5-,6+. The molecular formula is C8H8O3. The number of hydrogen-bond donors (Lipinski definition) is 0. The zero-order valence-electron chi connectivity index (χ0n) is 6.00. The van der Waals surface area contributed by atoms with Crippen LogP contribution in [-0.2, 0) is 14.3 Å². The highest BCUT2D eigenvalue weighted by molar-refractivity contribution is 5.97. The van der Waals surface area contributed by atoms with Gasteiger partial charge in [0, 0.05) is 0 Å². The molecule has 1 aliphatic heterocycles. The number of esters is 2. The van der Waals surface area contributed by atoms with E-state index in [4.69, 9.17) is 0 Å². The lowest BCUT2D eigenvalue weighted by atomic mass is 10.00. The van der Waals surface area contributed by atoms with Gasteiger partial charge in [-0.1, -0.05) is 12.2 Å². The summed E-state index contributed by atoms with van der Waals surface area (Å²) in [5, 5.41) is 0. The van der Waals surface area contributed by atoms with Crippen molar-refractivity contribution in [1.29, 1.82) is 0 Å². The van der Waals surface area contributed by atoms with Crippen LogP contribution in [0.15, 0.2) is 12.2 Å². The highest BCUT2D eigenvalue weighted by Gasteiger charge is 2.48. The average molecular weight is 152 g/mol. The minimum Gasteiger partial charge on any atom is -0.393 e. The fourth-order valence-corrected chi connectivity index (χ4v) is 1.74. The molecule has 0 aromatic heterocycles. The quantitative estimate of drug-likeness (QED) is 0.291. The molecule has 1 heterocycles.